The van der Waals surface area contributed by atoms with Gasteiger partial charge in [0.2, 0.25) is 11.8 Å². The molecule has 0 aromatic heterocycles. The van der Waals surface area contributed by atoms with E-state index in [4.69, 9.17) is 23.2 Å². The van der Waals surface area contributed by atoms with Gasteiger partial charge >= 0.3 is 0 Å². The summed E-state index contributed by atoms with van der Waals surface area (Å²) in [4.78, 5) is 24.6. The van der Waals surface area contributed by atoms with E-state index in [0.29, 0.717) is 14.9 Å². The molecule has 25 heavy (non-hydrogen) atoms. The van der Waals surface area contributed by atoms with E-state index < -0.39 is 0 Å². The molecule has 0 atom stereocenters. The van der Waals surface area contributed by atoms with Crippen LogP contribution >= 0.6 is 35.0 Å². The van der Waals surface area contributed by atoms with Gasteiger partial charge in [0.25, 0.3) is 0 Å². The number of amides is 2. The van der Waals surface area contributed by atoms with Crippen LogP contribution in [0.1, 0.15) is 11.1 Å². The van der Waals surface area contributed by atoms with E-state index in [1.54, 1.807) is 18.2 Å². The second-order valence-corrected chi connectivity index (χ2v) is 7.23. The number of para-hydroxylation sites is 1. The van der Waals surface area contributed by atoms with Gasteiger partial charge in [0.05, 0.1) is 22.3 Å². The number of anilines is 1. The number of thioether (sulfide) groups is 1. The lowest BCUT2D eigenvalue weighted by atomic mass is 10.1. The molecule has 2 amide bonds. The Labute approximate surface area is 161 Å². The van der Waals surface area contributed by atoms with Gasteiger partial charge in [-0.25, -0.2) is 0 Å². The second-order valence-electron chi connectivity index (χ2n) is 5.43. The van der Waals surface area contributed by atoms with Gasteiger partial charge in [0.15, 0.2) is 0 Å². The molecule has 4 nitrogen and oxygen atoms in total. The highest BCUT2D eigenvalue weighted by atomic mass is 35.5. The third-order valence-electron chi connectivity index (χ3n) is 3.46. The van der Waals surface area contributed by atoms with Crippen LogP contribution in [0.5, 0.6) is 0 Å². The number of aryl methyl sites for hydroxylation is 2. The molecular formula is C18H18Cl2N2O2S. The van der Waals surface area contributed by atoms with E-state index in [1.165, 1.54) is 11.8 Å². The predicted molar refractivity (Wildman–Crippen MR) is 105 cm³/mol. The van der Waals surface area contributed by atoms with Crippen LogP contribution in [-0.4, -0.2) is 24.1 Å². The number of hydrogen-bond donors (Lipinski definition) is 2. The van der Waals surface area contributed by atoms with Crippen LogP contribution in [0.2, 0.25) is 10.0 Å². The molecule has 0 aliphatic heterocycles. The molecule has 2 N–H and O–H groups in total. The number of rotatable bonds is 6. The van der Waals surface area contributed by atoms with Gasteiger partial charge in [-0.05, 0) is 37.1 Å². The fourth-order valence-electron chi connectivity index (χ4n) is 2.18. The Kier molecular flexibility index (Phi) is 7.17. The highest BCUT2D eigenvalue weighted by Gasteiger charge is 2.11. The second kappa shape index (κ2) is 9.13. The van der Waals surface area contributed by atoms with Gasteiger partial charge in [0.1, 0.15) is 0 Å². The lowest BCUT2D eigenvalue weighted by Crippen LogP contribution is -2.34. The van der Waals surface area contributed by atoms with Crippen molar-refractivity contribution < 1.29 is 9.59 Å². The molecule has 2 aromatic carbocycles. The Bertz CT molecular complexity index is 756. The van der Waals surface area contributed by atoms with Gasteiger partial charge < -0.3 is 10.6 Å². The minimum Gasteiger partial charge on any atom is -0.346 e. The summed E-state index contributed by atoms with van der Waals surface area (Å²) in [6, 6.07) is 10.9. The molecule has 0 spiro atoms. The van der Waals surface area contributed by atoms with Crippen molar-refractivity contribution in [1.82, 2.24) is 5.32 Å². The quantitative estimate of drug-likeness (QED) is 0.708. The fraction of sp³-hybridized carbons (Fsp3) is 0.222. The van der Waals surface area contributed by atoms with Crippen LogP contribution in [0.15, 0.2) is 41.3 Å². The Balaban J connectivity index is 1.83. The van der Waals surface area contributed by atoms with Crippen molar-refractivity contribution in [1.29, 1.82) is 0 Å². The van der Waals surface area contributed by atoms with Crippen LogP contribution in [0.4, 0.5) is 5.69 Å². The zero-order valence-electron chi connectivity index (χ0n) is 13.9. The summed E-state index contributed by atoms with van der Waals surface area (Å²) < 4.78 is 0. The number of hydrogen-bond acceptors (Lipinski definition) is 3. The van der Waals surface area contributed by atoms with Crippen molar-refractivity contribution in [2.45, 2.75) is 18.7 Å². The molecular weight excluding hydrogens is 379 g/mol. The first kappa shape index (κ1) is 19.6. The number of carbonyl (C=O) groups excluding carboxylic acids is 2. The molecule has 0 radical (unpaired) electrons. The molecule has 2 aromatic rings. The zero-order valence-corrected chi connectivity index (χ0v) is 16.2. The van der Waals surface area contributed by atoms with Crippen molar-refractivity contribution in [3.05, 3.63) is 57.6 Å². The Morgan fingerprint density at radius 3 is 2.12 bits per heavy atom. The molecule has 132 valence electrons. The maximum atomic E-state index is 12.0. The van der Waals surface area contributed by atoms with Crippen molar-refractivity contribution >= 4 is 52.5 Å². The molecule has 0 saturated heterocycles. The molecule has 0 fully saturated rings. The maximum Gasteiger partial charge on any atom is 0.243 e. The number of nitrogens with one attached hydrogen (secondary N) is 2. The van der Waals surface area contributed by atoms with Crippen LogP contribution in [0.3, 0.4) is 0 Å². The summed E-state index contributed by atoms with van der Waals surface area (Å²) in [5.74, 6) is -0.413. The minimum absolute atomic E-state index is 0.0938. The first-order valence-corrected chi connectivity index (χ1v) is 9.32. The van der Waals surface area contributed by atoms with E-state index in [2.05, 4.69) is 10.6 Å². The highest BCUT2D eigenvalue weighted by molar-refractivity contribution is 8.00. The fourth-order valence-corrected chi connectivity index (χ4v) is 3.70. The lowest BCUT2D eigenvalue weighted by molar-refractivity contribution is -0.122. The monoisotopic (exact) mass is 396 g/mol. The SMILES string of the molecule is Cc1cccc(C)c1NC(=O)CNC(=O)CSc1c(Cl)cccc1Cl. The molecule has 0 unspecified atom stereocenters. The predicted octanol–water partition coefficient (Wildman–Crippen LogP) is 4.46. The third kappa shape index (κ3) is 5.66. The summed E-state index contributed by atoms with van der Waals surface area (Å²) >= 11 is 13.4. The third-order valence-corrected chi connectivity index (χ3v) is 5.45. The standard InChI is InChI=1S/C18H18Cl2N2O2S/c1-11-5-3-6-12(2)17(11)22-15(23)9-21-16(24)10-25-18-13(19)7-4-8-14(18)20/h3-8H,9-10H2,1-2H3,(H,21,24)(H,22,23). The van der Waals surface area contributed by atoms with E-state index in [9.17, 15) is 9.59 Å². The molecule has 0 bridgehead atoms. The molecule has 0 aliphatic rings. The van der Waals surface area contributed by atoms with Gasteiger partial charge in [-0.2, -0.15) is 0 Å². The number of carbonyl (C=O) groups is 2. The van der Waals surface area contributed by atoms with E-state index in [-0.39, 0.29) is 24.1 Å². The summed E-state index contributed by atoms with van der Waals surface area (Å²) in [6.07, 6.45) is 0. The van der Waals surface area contributed by atoms with Gasteiger partial charge in [-0.15, -0.1) is 11.8 Å². The van der Waals surface area contributed by atoms with Crippen LogP contribution < -0.4 is 10.6 Å². The maximum absolute atomic E-state index is 12.0. The smallest absolute Gasteiger partial charge is 0.243 e. The van der Waals surface area contributed by atoms with Gasteiger partial charge in [-0.1, -0.05) is 47.5 Å². The lowest BCUT2D eigenvalue weighted by Gasteiger charge is -2.12. The summed E-state index contributed by atoms with van der Waals surface area (Å²) in [5.41, 5.74) is 2.73. The van der Waals surface area contributed by atoms with Crippen molar-refractivity contribution in [3.8, 4) is 0 Å². The molecule has 7 heteroatoms. The highest BCUT2D eigenvalue weighted by Crippen LogP contribution is 2.33. The average molecular weight is 397 g/mol. The van der Waals surface area contributed by atoms with E-state index in [0.717, 1.165) is 16.8 Å². The van der Waals surface area contributed by atoms with E-state index >= 15 is 0 Å². The minimum atomic E-state index is -0.272. The first-order chi connectivity index (χ1) is 11.9. The van der Waals surface area contributed by atoms with Crippen molar-refractivity contribution in [2.24, 2.45) is 0 Å². The van der Waals surface area contributed by atoms with Crippen LogP contribution in [0, 0.1) is 13.8 Å². The van der Waals surface area contributed by atoms with Crippen molar-refractivity contribution in [2.75, 3.05) is 17.6 Å². The van der Waals surface area contributed by atoms with E-state index in [1.807, 2.05) is 32.0 Å². The molecule has 0 heterocycles. The summed E-state index contributed by atoms with van der Waals surface area (Å²) in [5, 5.41) is 6.41. The molecule has 0 saturated carbocycles. The Morgan fingerprint density at radius 1 is 0.960 bits per heavy atom. The van der Waals surface area contributed by atoms with Crippen LogP contribution in [-0.2, 0) is 9.59 Å². The largest absolute Gasteiger partial charge is 0.346 e. The summed E-state index contributed by atoms with van der Waals surface area (Å²) in [7, 11) is 0. The topological polar surface area (TPSA) is 58.2 Å². The normalized spacial score (nSPS) is 10.4. The Hall–Kier alpha value is -1.69. The first-order valence-electron chi connectivity index (χ1n) is 7.58. The molecule has 0 aliphatic carbocycles. The van der Waals surface area contributed by atoms with Gasteiger partial charge in [0, 0.05) is 10.6 Å². The van der Waals surface area contributed by atoms with Gasteiger partial charge in [-0.3, -0.25) is 9.59 Å². The Morgan fingerprint density at radius 2 is 1.52 bits per heavy atom. The summed E-state index contributed by atoms with van der Waals surface area (Å²) in [6.45, 7) is 3.75. The number of benzene rings is 2. The number of halogens is 2. The average Bonchev–Trinajstić information content (AvgIpc) is 2.56. The van der Waals surface area contributed by atoms with Crippen molar-refractivity contribution in [3.63, 3.8) is 0 Å². The van der Waals surface area contributed by atoms with Crippen LogP contribution in [0.25, 0.3) is 0 Å². The zero-order chi connectivity index (χ0) is 18.4. The molecule has 2 rings (SSSR count).